The largest absolute Gasteiger partial charge is 0.367 e. The minimum Gasteiger partial charge on any atom is -0.367 e. The van der Waals surface area contributed by atoms with E-state index in [1.165, 1.54) is 11.3 Å². The number of amides is 1. The molecule has 3 heterocycles. The lowest BCUT2D eigenvalue weighted by Gasteiger charge is -2.35. The summed E-state index contributed by atoms with van der Waals surface area (Å²) in [4.78, 5) is 30.6. The van der Waals surface area contributed by atoms with Gasteiger partial charge in [0.05, 0.1) is 16.9 Å². The van der Waals surface area contributed by atoms with Gasteiger partial charge in [0.15, 0.2) is 0 Å². The van der Waals surface area contributed by atoms with Crippen molar-refractivity contribution in [2.45, 2.75) is 67.0 Å². The topological polar surface area (TPSA) is 82.1 Å². The van der Waals surface area contributed by atoms with E-state index in [9.17, 15) is 4.79 Å². The van der Waals surface area contributed by atoms with Crippen LogP contribution in [0.25, 0.3) is 22.4 Å². The maximum atomic E-state index is 12.4. The van der Waals surface area contributed by atoms with E-state index < -0.39 is 0 Å². The highest BCUT2D eigenvalue weighted by Crippen LogP contribution is 2.30. The number of anilines is 1. The summed E-state index contributed by atoms with van der Waals surface area (Å²) in [6, 6.07) is 15.1. The standard InChI is InChI=1S/C33H45N7O/c1-23-35-26(20-40(23)21-29(41)34-22-32(2,3)4)19-38-15-17-39(18-16-38)28-10-8-9-27-30(28)37-31(36-27)24-11-13-25(14-12-24)33(5,6)7/h8-14,20H,15-19,21-22H2,1-7H3,(H,34,41)(H,36,37). The average Bonchev–Trinajstić information content (AvgIpc) is 3.50. The van der Waals surface area contributed by atoms with E-state index in [1.54, 1.807) is 0 Å². The molecule has 0 atom stereocenters. The van der Waals surface area contributed by atoms with E-state index in [4.69, 9.17) is 9.97 Å². The van der Waals surface area contributed by atoms with Gasteiger partial charge in [-0.3, -0.25) is 9.69 Å². The number of para-hydroxylation sites is 1. The Morgan fingerprint density at radius 1 is 0.951 bits per heavy atom. The Labute approximate surface area is 244 Å². The second-order valence-corrected chi connectivity index (χ2v) is 13.6. The van der Waals surface area contributed by atoms with Crippen molar-refractivity contribution in [3.8, 4) is 11.4 Å². The van der Waals surface area contributed by atoms with Crippen molar-refractivity contribution in [3.05, 3.63) is 65.7 Å². The van der Waals surface area contributed by atoms with Gasteiger partial charge in [-0.25, -0.2) is 9.97 Å². The minimum atomic E-state index is 0.0261. The molecule has 0 unspecified atom stereocenters. The molecule has 2 N–H and O–H groups in total. The Morgan fingerprint density at radius 3 is 2.32 bits per heavy atom. The smallest absolute Gasteiger partial charge is 0.240 e. The zero-order valence-corrected chi connectivity index (χ0v) is 25.7. The zero-order chi connectivity index (χ0) is 29.4. The second kappa shape index (κ2) is 11.3. The highest BCUT2D eigenvalue weighted by molar-refractivity contribution is 5.91. The summed E-state index contributed by atoms with van der Waals surface area (Å²) in [5.74, 6) is 1.81. The molecule has 2 aromatic heterocycles. The molecular formula is C33H45N7O. The Hall–Kier alpha value is -3.65. The molecule has 1 fully saturated rings. The number of fused-ring (bicyclic) bond motifs is 1. The average molecular weight is 556 g/mol. The number of hydrogen-bond acceptors (Lipinski definition) is 5. The van der Waals surface area contributed by atoms with Gasteiger partial charge in [-0.2, -0.15) is 0 Å². The number of carbonyl (C=O) groups excluding carboxylic acids is 1. The number of aromatic nitrogens is 4. The van der Waals surface area contributed by atoms with Crippen LogP contribution >= 0.6 is 0 Å². The lowest BCUT2D eigenvalue weighted by Crippen LogP contribution is -2.46. The number of hydrogen-bond donors (Lipinski definition) is 2. The number of aromatic amines is 1. The molecule has 5 rings (SSSR count). The summed E-state index contributed by atoms with van der Waals surface area (Å²) in [5.41, 5.74) is 6.89. The molecule has 0 aliphatic carbocycles. The number of benzene rings is 2. The number of nitrogens with zero attached hydrogens (tertiary/aromatic N) is 5. The van der Waals surface area contributed by atoms with Gasteiger partial charge < -0.3 is 19.8 Å². The van der Waals surface area contributed by atoms with Crippen LogP contribution in [0.1, 0.15) is 58.6 Å². The van der Waals surface area contributed by atoms with Crippen molar-refractivity contribution in [2.24, 2.45) is 5.41 Å². The van der Waals surface area contributed by atoms with E-state index in [0.717, 1.165) is 66.7 Å². The first kappa shape index (κ1) is 28.9. The third-order valence-electron chi connectivity index (χ3n) is 7.77. The monoisotopic (exact) mass is 555 g/mol. The van der Waals surface area contributed by atoms with Crippen molar-refractivity contribution in [1.29, 1.82) is 0 Å². The van der Waals surface area contributed by atoms with E-state index in [2.05, 4.69) is 104 Å². The molecule has 0 spiro atoms. The predicted molar refractivity (Wildman–Crippen MR) is 167 cm³/mol. The Kier molecular flexibility index (Phi) is 7.97. The third kappa shape index (κ3) is 6.99. The molecule has 1 aliphatic heterocycles. The fraction of sp³-hybridized carbons (Fsp3) is 0.485. The molecule has 2 aromatic carbocycles. The first-order valence-corrected chi connectivity index (χ1v) is 14.7. The lowest BCUT2D eigenvalue weighted by molar-refractivity contribution is -0.122. The summed E-state index contributed by atoms with van der Waals surface area (Å²) in [6.07, 6.45) is 2.03. The summed E-state index contributed by atoms with van der Waals surface area (Å²) in [6.45, 7) is 20.5. The fourth-order valence-corrected chi connectivity index (χ4v) is 5.30. The molecule has 41 heavy (non-hydrogen) atoms. The molecule has 0 radical (unpaired) electrons. The van der Waals surface area contributed by atoms with Crippen molar-refractivity contribution in [2.75, 3.05) is 37.6 Å². The van der Waals surface area contributed by atoms with Gasteiger partial charge in [-0.15, -0.1) is 0 Å². The summed E-state index contributed by atoms with van der Waals surface area (Å²) in [5, 5.41) is 3.03. The molecule has 0 bridgehead atoms. The van der Waals surface area contributed by atoms with Gasteiger partial charge in [0, 0.05) is 51.0 Å². The second-order valence-electron chi connectivity index (χ2n) is 13.6. The van der Waals surface area contributed by atoms with E-state index in [1.807, 2.05) is 17.7 Å². The van der Waals surface area contributed by atoms with Crippen LogP contribution in [-0.2, 0) is 23.3 Å². The summed E-state index contributed by atoms with van der Waals surface area (Å²) < 4.78 is 1.95. The van der Waals surface area contributed by atoms with Crippen LogP contribution in [0.3, 0.4) is 0 Å². The van der Waals surface area contributed by atoms with Crippen molar-refractivity contribution >= 4 is 22.6 Å². The molecule has 8 nitrogen and oxygen atoms in total. The van der Waals surface area contributed by atoms with Crippen LogP contribution in [0, 0.1) is 12.3 Å². The Morgan fingerprint density at radius 2 is 1.66 bits per heavy atom. The van der Waals surface area contributed by atoms with Crippen LogP contribution < -0.4 is 10.2 Å². The Balaban J connectivity index is 1.21. The van der Waals surface area contributed by atoms with E-state index in [0.29, 0.717) is 13.1 Å². The molecule has 1 amide bonds. The van der Waals surface area contributed by atoms with E-state index >= 15 is 0 Å². The Bertz CT molecular complexity index is 1490. The summed E-state index contributed by atoms with van der Waals surface area (Å²) >= 11 is 0. The SMILES string of the molecule is Cc1nc(CN2CCN(c3cccc4[nH]c(-c5ccc(C(C)(C)C)cc5)nc34)CC2)cn1CC(=O)NCC(C)(C)C. The highest BCUT2D eigenvalue weighted by atomic mass is 16.1. The molecule has 1 saturated heterocycles. The predicted octanol–water partition coefficient (Wildman–Crippen LogP) is 5.52. The molecule has 218 valence electrons. The lowest BCUT2D eigenvalue weighted by atomic mass is 9.87. The normalized spacial score (nSPS) is 15.0. The third-order valence-corrected chi connectivity index (χ3v) is 7.77. The molecule has 8 heteroatoms. The number of imidazole rings is 2. The number of aryl methyl sites for hydroxylation is 1. The number of H-pyrrole nitrogens is 1. The quantitative estimate of drug-likeness (QED) is 0.314. The van der Waals surface area contributed by atoms with Crippen LogP contribution in [-0.4, -0.2) is 63.0 Å². The maximum Gasteiger partial charge on any atom is 0.240 e. The van der Waals surface area contributed by atoms with Gasteiger partial charge in [0.2, 0.25) is 5.91 Å². The van der Waals surface area contributed by atoms with Gasteiger partial charge in [0.25, 0.3) is 0 Å². The van der Waals surface area contributed by atoms with E-state index in [-0.39, 0.29) is 16.7 Å². The zero-order valence-electron chi connectivity index (χ0n) is 25.7. The first-order valence-electron chi connectivity index (χ1n) is 14.7. The summed E-state index contributed by atoms with van der Waals surface area (Å²) in [7, 11) is 0. The fourth-order valence-electron chi connectivity index (χ4n) is 5.30. The van der Waals surface area contributed by atoms with Gasteiger partial charge >= 0.3 is 0 Å². The number of rotatable bonds is 7. The van der Waals surface area contributed by atoms with Crippen molar-refractivity contribution in [1.82, 2.24) is 29.7 Å². The first-order chi connectivity index (χ1) is 19.4. The van der Waals surface area contributed by atoms with Gasteiger partial charge in [-0.1, -0.05) is 71.9 Å². The number of carbonyl (C=O) groups is 1. The molecule has 0 saturated carbocycles. The molecule has 4 aromatic rings. The van der Waals surface area contributed by atoms with Crippen LogP contribution in [0.15, 0.2) is 48.7 Å². The maximum absolute atomic E-state index is 12.4. The van der Waals surface area contributed by atoms with Gasteiger partial charge in [-0.05, 0) is 35.4 Å². The number of nitrogens with one attached hydrogen (secondary N) is 2. The van der Waals surface area contributed by atoms with Crippen molar-refractivity contribution < 1.29 is 4.79 Å². The van der Waals surface area contributed by atoms with Gasteiger partial charge in [0.1, 0.15) is 23.7 Å². The molecular weight excluding hydrogens is 510 g/mol. The van der Waals surface area contributed by atoms with Crippen LogP contribution in [0.2, 0.25) is 0 Å². The van der Waals surface area contributed by atoms with Crippen LogP contribution in [0.4, 0.5) is 5.69 Å². The van der Waals surface area contributed by atoms with Crippen LogP contribution in [0.5, 0.6) is 0 Å². The highest BCUT2D eigenvalue weighted by Gasteiger charge is 2.22. The molecule has 1 aliphatic rings. The number of piperazine rings is 1. The van der Waals surface area contributed by atoms with Crippen molar-refractivity contribution in [3.63, 3.8) is 0 Å². The minimum absolute atomic E-state index is 0.0261.